The molecule has 0 aromatic heterocycles. The molecule has 6 rings (SSSR count). The highest BCUT2D eigenvalue weighted by molar-refractivity contribution is 6.22. The van der Waals surface area contributed by atoms with E-state index < -0.39 is 76.8 Å². The first-order chi connectivity index (χ1) is 27.3. The van der Waals surface area contributed by atoms with Crippen LogP contribution >= 0.6 is 0 Å². The number of fused-ring (bicyclic) bond motifs is 2. The highest BCUT2D eigenvalue weighted by Crippen LogP contribution is 2.50. The number of carbonyl (C=O) groups excluding carboxylic acids is 3. The van der Waals surface area contributed by atoms with Crippen LogP contribution in [0.2, 0.25) is 0 Å². The van der Waals surface area contributed by atoms with Gasteiger partial charge in [-0.15, -0.1) is 0 Å². The van der Waals surface area contributed by atoms with Crippen LogP contribution in [0.25, 0.3) is 33.2 Å². The van der Waals surface area contributed by atoms with Gasteiger partial charge in [-0.3, -0.25) is 19.2 Å². The molecule has 0 saturated heterocycles. The Bertz CT molecular complexity index is 2450. The fourth-order valence-corrected chi connectivity index (χ4v) is 7.80. The number of rotatable bonds is 2. The number of nitrogens with one attached hydrogen (secondary N) is 1. The monoisotopic (exact) mass is 799 g/mol. The number of anilines is 1. The Morgan fingerprint density at radius 1 is 1.03 bits per heavy atom. The number of carbonyl (C=O) groups is 3. The number of phenolic OH excluding ortho intramolecular Hbond substituents is 2. The standard InChI is InChI=1S/C43H49N3O12/c1-19-11-10-12-20(2)42(54)45-35-36-34(44-26-14-13-25(48)17-27(26)46(36)8)31-32(38(35)52)37(51)23(5)40-33(31)41(53)43(7,58-40)56-16-15-30(55-9)22(4)39(57-24(6)47)21(3)29(50)18-28(19)49/h10-17,19,21-22,28-30,39,48-51H,18H2,1-9H3,(H,45,54)/b11-10+,16-15+,20-12-/t19-,21+,22+,28+,29+,30-,39-,43-/m0/s1. The summed E-state index contributed by atoms with van der Waals surface area (Å²) >= 11 is 0. The molecule has 4 bridgehead atoms. The summed E-state index contributed by atoms with van der Waals surface area (Å²) in [5.41, 5.74) is 0.0581. The minimum atomic E-state index is -2.02. The fourth-order valence-electron chi connectivity index (χ4n) is 7.80. The molecule has 8 atom stereocenters. The van der Waals surface area contributed by atoms with E-state index in [0.29, 0.717) is 11.0 Å². The van der Waals surface area contributed by atoms with E-state index in [4.69, 9.17) is 23.9 Å². The Hall–Kier alpha value is -5.77. The molecule has 0 saturated carbocycles. The maximum atomic E-state index is 14.6. The summed E-state index contributed by atoms with van der Waals surface area (Å²) in [6, 6.07) is 4.43. The summed E-state index contributed by atoms with van der Waals surface area (Å²) in [7, 11) is 3.05. The molecule has 3 aliphatic heterocycles. The van der Waals surface area contributed by atoms with Crippen molar-refractivity contribution in [3.63, 3.8) is 0 Å². The number of ketones is 1. The lowest BCUT2D eigenvalue weighted by Gasteiger charge is -2.35. The van der Waals surface area contributed by atoms with Crippen molar-refractivity contribution >= 4 is 45.2 Å². The van der Waals surface area contributed by atoms with E-state index in [1.54, 1.807) is 50.6 Å². The molecule has 1 amide bonds. The smallest absolute Gasteiger partial charge is 0.312 e. The Labute approximate surface area is 334 Å². The number of amides is 1. The molecule has 15 nitrogen and oxygen atoms in total. The molecule has 0 radical (unpaired) electrons. The summed E-state index contributed by atoms with van der Waals surface area (Å²) in [5, 5.41) is 46.8. The van der Waals surface area contributed by atoms with Crippen molar-refractivity contribution in [1.29, 1.82) is 0 Å². The van der Waals surface area contributed by atoms with E-state index in [1.807, 2.05) is 0 Å². The number of aromatic nitrogens is 2. The molecule has 1 aliphatic carbocycles. The van der Waals surface area contributed by atoms with Crippen LogP contribution in [0.1, 0.15) is 63.9 Å². The summed E-state index contributed by atoms with van der Waals surface area (Å²) in [6.45, 7) is 10.9. The summed E-state index contributed by atoms with van der Waals surface area (Å²) < 4.78 is 25.2. The number of benzene rings is 3. The van der Waals surface area contributed by atoms with Crippen molar-refractivity contribution < 1.29 is 53.8 Å². The van der Waals surface area contributed by atoms with Gasteiger partial charge in [-0.05, 0) is 32.1 Å². The molecule has 4 aliphatic rings. The number of ether oxygens (including phenoxy) is 4. The maximum Gasteiger partial charge on any atom is 0.312 e. The third-order valence-corrected chi connectivity index (χ3v) is 11.4. The number of aryl methyl sites for hydroxylation is 1. The quantitative estimate of drug-likeness (QED) is 0.101. The van der Waals surface area contributed by atoms with E-state index in [0.717, 1.165) is 0 Å². The lowest BCUT2D eigenvalue weighted by molar-refractivity contribution is -0.158. The predicted octanol–water partition coefficient (Wildman–Crippen LogP) is 5.15. The SMILES string of the molecule is CO[C@H]1/C=C/O[C@@]2(C)Oc3c(C)c(O)c4c(=O)c(c5n(C)c6cc(O)ccc6nc-5c4c3C2=O)NC(=O)/C(C)=C\C=C\[C@H](C)[C@H](O)C[C@@H](O)[C@@H](C)[C@H](OC(C)=O)[C@@H]1C. The number of Topliss-reactive ketones (excluding diaryl/α,β-unsaturated/α-hetero) is 1. The topological polar surface area (TPSA) is 216 Å². The van der Waals surface area contributed by atoms with Crippen LogP contribution in [-0.4, -0.2) is 84.9 Å². The molecule has 0 unspecified atom stereocenters. The number of phenols is 2. The number of methoxy groups -OCH3 is 1. The Balaban J connectivity index is 1.60. The lowest BCUT2D eigenvalue weighted by atomic mass is 9.83. The maximum absolute atomic E-state index is 14.6. The molecule has 3 heterocycles. The number of allylic oxidation sites excluding steroid dienone is 2. The van der Waals surface area contributed by atoms with Crippen molar-refractivity contribution in [2.24, 2.45) is 24.8 Å². The fraction of sp³-hybridized carbons (Fsp3) is 0.419. The molecule has 308 valence electrons. The summed E-state index contributed by atoms with van der Waals surface area (Å²) in [5.74, 6) is -6.31. The second kappa shape index (κ2) is 15.9. The molecule has 0 fully saturated rings. The van der Waals surface area contributed by atoms with E-state index in [9.17, 15) is 39.6 Å². The summed E-state index contributed by atoms with van der Waals surface area (Å²) in [6.07, 6.45) is 3.59. The second-order valence-electron chi connectivity index (χ2n) is 15.4. The van der Waals surface area contributed by atoms with Crippen LogP contribution in [0.5, 0.6) is 17.2 Å². The highest BCUT2D eigenvalue weighted by Gasteiger charge is 2.50. The van der Waals surface area contributed by atoms with Crippen molar-refractivity contribution in [2.75, 3.05) is 12.4 Å². The van der Waals surface area contributed by atoms with Crippen molar-refractivity contribution in [1.82, 2.24) is 9.55 Å². The number of esters is 1. The normalized spacial score (nSPS) is 29.2. The van der Waals surface area contributed by atoms with E-state index >= 15 is 0 Å². The third-order valence-electron chi connectivity index (χ3n) is 11.4. The van der Waals surface area contributed by atoms with Gasteiger partial charge in [0.05, 0.1) is 57.9 Å². The van der Waals surface area contributed by atoms with E-state index in [2.05, 4.69) is 5.32 Å². The van der Waals surface area contributed by atoms with Gasteiger partial charge in [-0.2, -0.15) is 0 Å². The Morgan fingerprint density at radius 3 is 2.41 bits per heavy atom. The molecular formula is C43H49N3O12. The number of aliphatic hydroxyl groups excluding tert-OH is 2. The average molecular weight is 800 g/mol. The number of aliphatic hydroxyl groups is 2. The van der Waals surface area contributed by atoms with Crippen molar-refractivity contribution in [3.8, 4) is 28.6 Å². The molecule has 2 aromatic carbocycles. The predicted molar refractivity (Wildman–Crippen MR) is 215 cm³/mol. The Morgan fingerprint density at radius 2 is 1.74 bits per heavy atom. The average Bonchev–Trinajstić information content (AvgIpc) is 3.44. The zero-order valence-electron chi connectivity index (χ0n) is 33.8. The van der Waals surface area contributed by atoms with Crippen molar-refractivity contribution in [2.45, 2.75) is 85.1 Å². The van der Waals surface area contributed by atoms with Crippen LogP contribution < -0.4 is 15.5 Å². The molecule has 5 N–H and O–H groups in total. The van der Waals surface area contributed by atoms with Crippen LogP contribution in [0.15, 0.2) is 59.1 Å². The van der Waals surface area contributed by atoms with Gasteiger partial charge in [0.15, 0.2) is 0 Å². The van der Waals surface area contributed by atoms with Crippen LogP contribution in [-0.2, 0) is 30.8 Å². The van der Waals surface area contributed by atoms with Gasteiger partial charge in [0.2, 0.25) is 5.43 Å². The molecule has 58 heavy (non-hydrogen) atoms. The van der Waals surface area contributed by atoms with Gasteiger partial charge in [-0.25, -0.2) is 4.98 Å². The molecule has 15 heteroatoms. The molecule has 2 aromatic rings. The number of aromatic hydroxyl groups is 2. The first-order valence-electron chi connectivity index (χ1n) is 19.0. The van der Waals surface area contributed by atoms with E-state index in [1.165, 1.54) is 65.4 Å². The summed E-state index contributed by atoms with van der Waals surface area (Å²) in [4.78, 5) is 60.2. The van der Waals surface area contributed by atoms with Crippen molar-refractivity contribution in [3.05, 3.63) is 75.7 Å². The highest BCUT2D eigenvalue weighted by atomic mass is 16.7. The minimum absolute atomic E-state index is 0.0275. The third kappa shape index (κ3) is 7.29. The van der Waals surface area contributed by atoms with Gasteiger partial charge < -0.3 is 49.3 Å². The van der Waals surface area contributed by atoms with Crippen LogP contribution in [0, 0.1) is 24.7 Å². The zero-order chi connectivity index (χ0) is 42.5. The van der Waals surface area contributed by atoms with Crippen LogP contribution in [0.4, 0.5) is 5.69 Å². The number of hydrogen-bond donors (Lipinski definition) is 5. The zero-order valence-corrected chi connectivity index (χ0v) is 33.8. The van der Waals surface area contributed by atoms with E-state index in [-0.39, 0.29) is 62.5 Å². The van der Waals surface area contributed by atoms with Gasteiger partial charge >= 0.3 is 11.8 Å². The minimum Gasteiger partial charge on any atom is -0.508 e. The molecular weight excluding hydrogens is 750 g/mol. The molecule has 0 spiro atoms. The second-order valence-corrected chi connectivity index (χ2v) is 15.4. The first-order valence-corrected chi connectivity index (χ1v) is 19.0. The number of hydrogen-bond acceptors (Lipinski definition) is 13. The van der Waals surface area contributed by atoms with Gasteiger partial charge in [-0.1, -0.05) is 39.0 Å². The largest absolute Gasteiger partial charge is 0.508 e. The number of nitrogens with zero attached hydrogens (tertiary/aromatic N) is 2. The lowest BCUT2D eigenvalue weighted by Crippen LogP contribution is -2.43. The first kappa shape index (κ1) is 41.9. The van der Waals surface area contributed by atoms with Gasteiger partial charge in [0.25, 0.3) is 11.7 Å². The van der Waals surface area contributed by atoms with Gasteiger partial charge in [0, 0.05) is 74.8 Å². The van der Waals surface area contributed by atoms with Crippen LogP contribution in [0.3, 0.4) is 0 Å². The Kier molecular flexibility index (Phi) is 11.5. The van der Waals surface area contributed by atoms with Gasteiger partial charge in [0.1, 0.15) is 29.0 Å².